The molecule has 0 bridgehead atoms. The largest absolute Gasteiger partial charge is 0.423 e. The number of halogens is 2. The summed E-state index contributed by atoms with van der Waals surface area (Å²) in [5, 5.41) is 2.20. The van der Waals surface area contributed by atoms with E-state index in [0.29, 0.717) is 11.3 Å². The van der Waals surface area contributed by atoms with Gasteiger partial charge >= 0.3 is 16.1 Å². The van der Waals surface area contributed by atoms with Gasteiger partial charge in [-0.25, -0.2) is 4.79 Å². The summed E-state index contributed by atoms with van der Waals surface area (Å²) in [7, 11) is -4.29. The van der Waals surface area contributed by atoms with Crippen LogP contribution in [0.5, 0.6) is 11.5 Å². The Morgan fingerprint density at radius 3 is 2.25 bits per heavy atom. The number of hydrogen-bond donors (Lipinski definition) is 0. The van der Waals surface area contributed by atoms with Crippen molar-refractivity contribution < 1.29 is 22.1 Å². The van der Waals surface area contributed by atoms with Crippen molar-refractivity contribution in [2.24, 2.45) is 0 Å². The van der Waals surface area contributed by atoms with Crippen molar-refractivity contribution >= 4 is 50.1 Å². The molecule has 0 unspecified atom stereocenters. The number of rotatable bonds is 5. The molecule has 5 nitrogen and oxygen atoms in total. The third kappa shape index (κ3) is 4.58. The molecule has 0 fully saturated rings. The number of carbonyl (C=O) groups excluding carboxylic acids is 1. The molecule has 4 rings (SSSR count). The molecule has 0 aromatic heterocycles. The molecule has 0 aliphatic rings. The van der Waals surface area contributed by atoms with E-state index in [2.05, 4.69) is 0 Å². The molecule has 0 saturated heterocycles. The van der Waals surface area contributed by atoms with Gasteiger partial charge in [-0.05, 0) is 59.7 Å². The molecule has 0 saturated carbocycles. The Bertz CT molecular complexity index is 1450. The maximum Gasteiger partial charge on any atom is 0.347 e. The summed E-state index contributed by atoms with van der Waals surface area (Å²) in [6.45, 7) is 1.57. The monoisotopic (exact) mass is 486 g/mol. The third-order valence-electron chi connectivity index (χ3n) is 4.73. The number of carbonyl (C=O) groups is 1. The molecular weight excluding hydrogens is 471 g/mol. The van der Waals surface area contributed by atoms with Gasteiger partial charge in [0.05, 0.1) is 10.0 Å². The molecular formula is C24H16Cl2O5S. The Morgan fingerprint density at radius 1 is 0.812 bits per heavy atom. The normalized spacial score (nSPS) is 11.3. The second kappa shape index (κ2) is 8.82. The van der Waals surface area contributed by atoms with Crippen molar-refractivity contribution in [3.05, 3.63) is 100 Å². The lowest BCUT2D eigenvalue weighted by molar-refractivity contribution is 0.0733. The number of benzene rings is 4. The van der Waals surface area contributed by atoms with Crippen molar-refractivity contribution in [3.63, 3.8) is 0 Å². The second-order valence-corrected chi connectivity index (χ2v) is 9.29. The summed E-state index contributed by atoms with van der Waals surface area (Å²) < 4.78 is 36.5. The molecule has 0 N–H and O–H groups in total. The number of fused-ring (bicyclic) bond motifs is 1. The van der Waals surface area contributed by atoms with E-state index in [1.165, 1.54) is 24.3 Å². The molecule has 0 atom stereocenters. The van der Waals surface area contributed by atoms with Gasteiger partial charge in [0.25, 0.3) is 0 Å². The predicted octanol–water partition coefficient (Wildman–Crippen LogP) is 6.44. The molecule has 32 heavy (non-hydrogen) atoms. The average molecular weight is 487 g/mol. The van der Waals surface area contributed by atoms with Crippen LogP contribution < -0.4 is 8.92 Å². The van der Waals surface area contributed by atoms with E-state index in [4.69, 9.17) is 32.1 Å². The smallest absolute Gasteiger partial charge is 0.347 e. The zero-order chi connectivity index (χ0) is 22.9. The molecule has 4 aromatic carbocycles. The van der Waals surface area contributed by atoms with Crippen LogP contribution in [0.2, 0.25) is 10.0 Å². The average Bonchev–Trinajstić information content (AvgIpc) is 2.76. The Labute approximate surface area is 195 Å². The second-order valence-electron chi connectivity index (χ2n) is 6.96. The SMILES string of the molecule is Cc1cc(Cl)c(Cl)cc1S(=O)(=O)Oc1ccccc1C(=O)Oc1ccc2ccccc2c1. The van der Waals surface area contributed by atoms with E-state index in [9.17, 15) is 13.2 Å². The number of aryl methyl sites for hydroxylation is 1. The molecule has 8 heteroatoms. The minimum absolute atomic E-state index is 0.0399. The van der Waals surface area contributed by atoms with Gasteiger partial charge in [0.15, 0.2) is 5.75 Å². The van der Waals surface area contributed by atoms with Crippen LogP contribution >= 0.6 is 23.2 Å². The van der Waals surface area contributed by atoms with Gasteiger partial charge in [-0.2, -0.15) is 8.42 Å². The van der Waals surface area contributed by atoms with Gasteiger partial charge in [0.2, 0.25) is 0 Å². The number of para-hydroxylation sites is 1. The highest BCUT2D eigenvalue weighted by atomic mass is 35.5. The summed E-state index contributed by atoms with van der Waals surface area (Å²) >= 11 is 11.9. The number of hydrogen-bond acceptors (Lipinski definition) is 5. The van der Waals surface area contributed by atoms with Gasteiger partial charge in [-0.1, -0.05) is 65.7 Å². The summed E-state index contributed by atoms with van der Waals surface area (Å²) in [6, 6.07) is 21.5. The molecule has 0 heterocycles. The zero-order valence-electron chi connectivity index (χ0n) is 16.7. The van der Waals surface area contributed by atoms with Gasteiger partial charge in [-0.3, -0.25) is 0 Å². The topological polar surface area (TPSA) is 69.7 Å². The highest BCUT2D eigenvalue weighted by molar-refractivity contribution is 7.87. The highest BCUT2D eigenvalue weighted by Crippen LogP contribution is 2.31. The zero-order valence-corrected chi connectivity index (χ0v) is 19.0. The van der Waals surface area contributed by atoms with E-state index in [-0.39, 0.29) is 26.3 Å². The molecule has 0 spiro atoms. The molecule has 0 aliphatic heterocycles. The third-order valence-corrected chi connectivity index (χ3v) is 6.82. The Morgan fingerprint density at radius 2 is 1.47 bits per heavy atom. The van der Waals surface area contributed by atoms with Gasteiger partial charge in [0.1, 0.15) is 16.2 Å². The minimum Gasteiger partial charge on any atom is -0.423 e. The maximum absolute atomic E-state index is 12.9. The van der Waals surface area contributed by atoms with Crippen LogP contribution in [-0.2, 0) is 10.1 Å². The van der Waals surface area contributed by atoms with Crippen molar-refractivity contribution in [2.45, 2.75) is 11.8 Å². The van der Waals surface area contributed by atoms with Gasteiger partial charge < -0.3 is 8.92 Å². The van der Waals surface area contributed by atoms with Crippen LogP contribution in [0.15, 0.2) is 83.8 Å². The van der Waals surface area contributed by atoms with Gasteiger partial charge in [-0.15, -0.1) is 0 Å². The fourth-order valence-corrected chi connectivity index (χ4v) is 4.79. The highest BCUT2D eigenvalue weighted by Gasteiger charge is 2.24. The summed E-state index contributed by atoms with van der Waals surface area (Å²) in [4.78, 5) is 12.7. The quantitative estimate of drug-likeness (QED) is 0.184. The van der Waals surface area contributed by atoms with Crippen LogP contribution in [-0.4, -0.2) is 14.4 Å². The molecule has 162 valence electrons. The minimum atomic E-state index is -4.29. The molecule has 0 aliphatic carbocycles. The standard InChI is InChI=1S/C24H16Cl2O5S/c1-15-12-20(25)21(26)14-23(15)32(28,29)31-22-9-5-4-8-19(22)24(27)30-18-11-10-16-6-2-3-7-17(16)13-18/h2-14H,1H3. The first kappa shape index (κ1) is 22.1. The van der Waals surface area contributed by atoms with Crippen molar-refractivity contribution in [2.75, 3.05) is 0 Å². The van der Waals surface area contributed by atoms with E-state index in [1.54, 1.807) is 31.2 Å². The fourth-order valence-electron chi connectivity index (χ4n) is 3.16. The van der Waals surface area contributed by atoms with Crippen LogP contribution in [0.1, 0.15) is 15.9 Å². The lowest BCUT2D eigenvalue weighted by Gasteiger charge is -2.13. The summed E-state index contributed by atoms with van der Waals surface area (Å²) in [5.41, 5.74) is 0.317. The van der Waals surface area contributed by atoms with E-state index < -0.39 is 16.1 Å². The Balaban J connectivity index is 1.63. The Kier molecular flexibility index (Phi) is 6.11. The lowest BCUT2D eigenvalue weighted by atomic mass is 10.1. The molecule has 4 aromatic rings. The van der Waals surface area contributed by atoms with Crippen LogP contribution in [0.4, 0.5) is 0 Å². The first-order valence-corrected chi connectivity index (χ1v) is 11.6. The van der Waals surface area contributed by atoms with E-state index >= 15 is 0 Å². The van der Waals surface area contributed by atoms with E-state index in [1.807, 2.05) is 30.3 Å². The predicted molar refractivity (Wildman–Crippen MR) is 124 cm³/mol. The van der Waals surface area contributed by atoms with Gasteiger partial charge in [0, 0.05) is 0 Å². The fraction of sp³-hybridized carbons (Fsp3) is 0.0417. The van der Waals surface area contributed by atoms with Crippen molar-refractivity contribution in [1.82, 2.24) is 0 Å². The molecule has 0 radical (unpaired) electrons. The van der Waals surface area contributed by atoms with Crippen molar-refractivity contribution in [1.29, 1.82) is 0 Å². The first-order chi connectivity index (χ1) is 15.2. The van der Waals surface area contributed by atoms with Crippen molar-refractivity contribution in [3.8, 4) is 11.5 Å². The first-order valence-electron chi connectivity index (χ1n) is 9.45. The van der Waals surface area contributed by atoms with Crippen LogP contribution in [0.3, 0.4) is 0 Å². The summed E-state index contributed by atoms with van der Waals surface area (Å²) in [5.74, 6) is -0.590. The van der Waals surface area contributed by atoms with E-state index in [0.717, 1.165) is 10.8 Å². The molecule has 0 amide bonds. The van der Waals surface area contributed by atoms with Crippen LogP contribution in [0, 0.1) is 6.92 Å². The number of esters is 1. The van der Waals surface area contributed by atoms with Crippen LogP contribution in [0.25, 0.3) is 10.8 Å². The summed E-state index contributed by atoms with van der Waals surface area (Å²) in [6.07, 6.45) is 0. The number of ether oxygens (including phenoxy) is 1. The Hall–Kier alpha value is -3.06. The lowest BCUT2D eigenvalue weighted by Crippen LogP contribution is -2.16. The maximum atomic E-state index is 12.9.